The van der Waals surface area contributed by atoms with E-state index in [2.05, 4.69) is 42.2 Å². The van der Waals surface area contributed by atoms with Crippen molar-refractivity contribution in [2.24, 2.45) is 10.6 Å². The van der Waals surface area contributed by atoms with E-state index in [1.165, 1.54) is 24.0 Å². The van der Waals surface area contributed by atoms with E-state index >= 15 is 0 Å². The van der Waals surface area contributed by atoms with Crippen molar-refractivity contribution >= 4 is 15.6 Å². The standard InChI is InChI=1S/C19H20N2O2S/c1-13-4-2-5-14(12-13)17-15(7-8-19(17)9-10-19)18-16(24(20,22)23)6-3-11-21-18/h2-7,11-12,17H,8-10H2,1H3,(H2,20,22,23). The zero-order valence-corrected chi connectivity index (χ0v) is 14.4. The molecule has 1 unspecified atom stereocenters. The van der Waals surface area contributed by atoms with Crippen molar-refractivity contribution in [1.29, 1.82) is 0 Å². The summed E-state index contributed by atoms with van der Waals surface area (Å²) in [4.78, 5) is 4.51. The van der Waals surface area contributed by atoms with E-state index < -0.39 is 10.0 Å². The van der Waals surface area contributed by atoms with E-state index in [-0.39, 0.29) is 16.2 Å². The van der Waals surface area contributed by atoms with Crippen molar-refractivity contribution in [2.75, 3.05) is 0 Å². The van der Waals surface area contributed by atoms with Crippen molar-refractivity contribution in [1.82, 2.24) is 4.98 Å². The van der Waals surface area contributed by atoms with Gasteiger partial charge in [-0.25, -0.2) is 13.6 Å². The molecule has 1 aromatic carbocycles. The molecule has 4 rings (SSSR count). The predicted molar refractivity (Wildman–Crippen MR) is 93.8 cm³/mol. The Kier molecular flexibility index (Phi) is 3.41. The van der Waals surface area contributed by atoms with Gasteiger partial charge in [-0.15, -0.1) is 0 Å². The Bertz CT molecular complexity index is 943. The summed E-state index contributed by atoms with van der Waals surface area (Å²) in [5, 5.41) is 5.42. The number of nitrogens with two attached hydrogens (primary N) is 1. The number of pyridine rings is 1. The normalized spacial score (nSPS) is 21.8. The second-order valence-electron chi connectivity index (χ2n) is 6.97. The predicted octanol–water partition coefficient (Wildman–Crippen LogP) is 3.39. The zero-order chi connectivity index (χ0) is 16.9. The van der Waals surface area contributed by atoms with Crippen LogP contribution in [0.2, 0.25) is 0 Å². The van der Waals surface area contributed by atoms with Gasteiger partial charge in [-0.05, 0) is 54.9 Å². The Balaban J connectivity index is 1.87. The van der Waals surface area contributed by atoms with Crippen LogP contribution in [0, 0.1) is 12.3 Å². The maximum Gasteiger partial charge on any atom is 0.240 e. The first-order valence-corrected chi connectivity index (χ1v) is 9.70. The van der Waals surface area contributed by atoms with Crippen LogP contribution in [-0.2, 0) is 10.0 Å². The first kappa shape index (κ1) is 15.5. The lowest BCUT2D eigenvalue weighted by atomic mass is 9.80. The van der Waals surface area contributed by atoms with Crippen LogP contribution in [0.4, 0.5) is 0 Å². The Morgan fingerprint density at radius 3 is 2.67 bits per heavy atom. The SMILES string of the molecule is Cc1cccc(C2C(c3ncccc3S(N)(=O)=O)=CCC23CC3)c1. The molecule has 0 amide bonds. The summed E-state index contributed by atoms with van der Waals surface area (Å²) in [7, 11) is -3.80. The van der Waals surface area contributed by atoms with Gasteiger partial charge in [0, 0.05) is 12.1 Å². The topological polar surface area (TPSA) is 73.0 Å². The molecule has 2 aliphatic rings. The Hall–Kier alpha value is -1.98. The second-order valence-corrected chi connectivity index (χ2v) is 8.50. The molecule has 0 bridgehead atoms. The molecule has 1 aromatic heterocycles. The van der Waals surface area contributed by atoms with Crippen molar-refractivity contribution in [3.05, 3.63) is 65.5 Å². The van der Waals surface area contributed by atoms with Gasteiger partial charge >= 0.3 is 0 Å². The number of rotatable bonds is 3. The average molecular weight is 340 g/mol. The largest absolute Gasteiger partial charge is 0.255 e. The van der Waals surface area contributed by atoms with Gasteiger partial charge < -0.3 is 0 Å². The van der Waals surface area contributed by atoms with E-state index in [0.29, 0.717) is 5.69 Å². The fraction of sp³-hybridized carbons (Fsp3) is 0.316. The van der Waals surface area contributed by atoms with Gasteiger partial charge in [-0.2, -0.15) is 0 Å². The molecular formula is C19H20N2O2S. The molecule has 1 fully saturated rings. The maximum atomic E-state index is 12.0. The lowest BCUT2D eigenvalue weighted by Gasteiger charge is -2.24. The number of primary sulfonamides is 1. The molecule has 2 aliphatic carbocycles. The molecule has 1 heterocycles. The van der Waals surface area contributed by atoms with Crippen LogP contribution in [0.15, 0.2) is 53.6 Å². The van der Waals surface area contributed by atoms with E-state index in [9.17, 15) is 8.42 Å². The van der Waals surface area contributed by atoms with Gasteiger partial charge in [-0.1, -0.05) is 35.9 Å². The van der Waals surface area contributed by atoms with Crippen LogP contribution in [0.25, 0.3) is 5.57 Å². The number of hydrogen-bond donors (Lipinski definition) is 1. The number of nitrogens with zero attached hydrogens (tertiary/aromatic N) is 1. The van der Waals surface area contributed by atoms with Crippen molar-refractivity contribution < 1.29 is 8.42 Å². The third-order valence-corrected chi connectivity index (χ3v) is 6.21. The van der Waals surface area contributed by atoms with Crippen molar-refractivity contribution in [3.8, 4) is 0 Å². The average Bonchev–Trinajstić information content (AvgIpc) is 3.20. The minimum absolute atomic E-state index is 0.117. The molecule has 1 spiro atoms. The van der Waals surface area contributed by atoms with Crippen molar-refractivity contribution in [3.63, 3.8) is 0 Å². The summed E-state index contributed by atoms with van der Waals surface area (Å²) in [6.45, 7) is 2.08. The van der Waals surface area contributed by atoms with Crippen LogP contribution in [0.3, 0.4) is 0 Å². The first-order chi connectivity index (χ1) is 11.4. The summed E-state index contributed by atoms with van der Waals surface area (Å²) < 4.78 is 24.0. The highest BCUT2D eigenvalue weighted by atomic mass is 32.2. The molecule has 5 heteroatoms. The molecule has 0 aliphatic heterocycles. The van der Waals surface area contributed by atoms with Crippen LogP contribution >= 0.6 is 0 Å². The maximum absolute atomic E-state index is 12.0. The molecule has 0 saturated heterocycles. The van der Waals surface area contributed by atoms with E-state index in [0.717, 1.165) is 12.0 Å². The summed E-state index contributed by atoms with van der Waals surface area (Å²) in [5.74, 6) is 0.188. The molecule has 2 aromatic rings. The molecule has 0 radical (unpaired) electrons. The third-order valence-electron chi connectivity index (χ3n) is 5.27. The molecule has 1 atom stereocenters. The van der Waals surface area contributed by atoms with Gasteiger partial charge in [-0.3, -0.25) is 4.98 Å². The monoisotopic (exact) mass is 340 g/mol. The highest BCUT2D eigenvalue weighted by molar-refractivity contribution is 7.89. The Labute approximate surface area is 142 Å². The zero-order valence-electron chi connectivity index (χ0n) is 13.6. The second kappa shape index (κ2) is 5.26. The lowest BCUT2D eigenvalue weighted by molar-refractivity contribution is 0.497. The Morgan fingerprint density at radius 2 is 2.00 bits per heavy atom. The molecular weight excluding hydrogens is 320 g/mol. The molecule has 2 N–H and O–H groups in total. The summed E-state index contributed by atoms with van der Waals surface area (Å²) in [6, 6.07) is 11.6. The number of benzene rings is 1. The molecule has 1 saturated carbocycles. The number of aromatic nitrogens is 1. The lowest BCUT2D eigenvalue weighted by Crippen LogP contribution is -2.17. The van der Waals surface area contributed by atoms with Crippen molar-refractivity contribution in [2.45, 2.75) is 37.0 Å². The fourth-order valence-electron chi connectivity index (χ4n) is 3.99. The Morgan fingerprint density at radius 1 is 1.21 bits per heavy atom. The van der Waals surface area contributed by atoms with Gasteiger partial charge in [0.25, 0.3) is 0 Å². The van der Waals surface area contributed by atoms with Crippen LogP contribution in [0.5, 0.6) is 0 Å². The quantitative estimate of drug-likeness (QED) is 0.931. The van der Waals surface area contributed by atoms with Gasteiger partial charge in [0.15, 0.2) is 0 Å². The van der Waals surface area contributed by atoms with Gasteiger partial charge in [0.1, 0.15) is 4.90 Å². The van der Waals surface area contributed by atoms with Gasteiger partial charge in [0.2, 0.25) is 10.0 Å². The smallest absolute Gasteiger partial charge is 0.240 e. The van der Waals surface area contributed by atoms with E-state index in [4.69, 9.17) is 5.14 Å². The highest BCUT2D eigenvalue weighted by Gasteiger charge is 2.54. The molecule has 4 nitrogen and oxygen atoms in total. The van der Waals surface area contributed by atoms with Crippen LogP contribution < -0.4 is 5.14 Å². The minimum Gasteiger partial charge on any atom is -0.255 e. The van der Waals surface area contributed by atoms with Crippen LogP contribution in [-0.4, -0.2) is 13.4 Å². The molecule has 124 valence electrons. The number of sulfonamides is 1. The highest BCUT2D eigenvalue weighted by Crippen LogP contribution is 2.66. The third kappa shape index (κ3) is 2.48. The number of hydrogen-bond acceptors (Lipinski definition) is 3. The molecule has 24 heavy (non-hydrogen) atoms. The van der Waals surface area contributed by atoms with Gasteiger partial charge in [0.05, 0.1) is 5.69 Å². The van der Waals surface area contributed by atoms with E-state index in [1.54, 1.807) is 18.3 Å². The minimum atomic E-state index is -3.80. The van der Waals surface area contributed by atoms with Crippen LogP contribution in [0.1, 0.15) is 42.0 Å². The number of aryl methyl sites for hydroxylation is 1. The summed E-state index contributed by atoms with van der Waals surface area (Å²) in [5.41, 5.74) is 4.19. The summed E-state index contributed by atoms with van der Waals surface area (Å²) >= 11 is 0. The summed E-state index contributed by atoms with van der Waals surface area (Å²) in [6.07, 6.45) is 7.11. The van der Waals surface area contributed by atoms with E-state index in [1.807, 2.05) is 0 Å². The number of allylic oxidation sites excluding steroid dienone is 2. The first-order valence-electron chi connectivity index (χ1n) is 8.16. The fourth-order valence-corrected chi connectivity index (χ4v) is 4.69.